The van der Waals surface area contributed by atoms with Crippen LogP contribution in [0.4, 0.5) is 0 Å². The Bertz CT molecular complexity index is 12800. The van der Waals surface area contributed by atoms with E-state index in [2.05, 4.69) is 436 Å². The summed E-state index contributed by atoms with van der Waals surface area (Å²) in [7, 11) is 0. The number of benzene rings is 22. The summed E-state index contributed by atoms with van der Waals surface area (Å²) < 4.78 is 49.2. The molecule has 144 heavy (non-hydrogen) atoms. The molecule has 0 bridgehead atoms. The van der Waals surface area contributed by atoms with Gasteiger partial charge in [-0.2, -0.15) is 0 Å². The van der Waals surface area contributed by atoms with Crippen molar-refractivity contribution >= 4 is 327 Å². The molecule has 0 saturated heterocycles. The number of para-hydroxylation sites is 14. The van der Waals surface area contributed by atoms with Crippen molar-refractivity contribution in [1.82, 2.24) is 35.9 Å². The molecule has 0 amide bonds. The van der Waals surface area contributed by atoms with Crippen LogP contribution in [0.2, 0.25) is 0 Å². The molecule has 0 aliphatic heterocycles. The van der Waals surface area contributed by atoms with E-state index in [0.717, 1.165) is 177 Å². The molecule has 0 aliphatic rings. The summed E-state index contributed by atoms with van der Waals surface area (Å²) in [5, 5.41) is 37.6. The van der Waals surface area contributed by atoms with Crippen LogP contribution in [0.3, 0.4) is 0 Å². The Hall–Kier alpha value is -19.6. The largest absolute Gasteiger partial charge is 0.454 e. The monoisotopic (exact) mass is 1830 g/mol. The summed E-state index contributed by atoms with van der Waals surface area (Å²) in [6.45, 7) is 0. The quantitative estimate of drug-likeness (QED) is 0.172. The number of hydrogen-bond acceptors (Lipinski definition) is 4. The first-order valence-corrected chi connectivity index (χ1v) is 49.6. The predicted octanol–water partition coefficient (Wildman–Crippen LogP) is 35.9. The second-order valence-corrected chi connectivity index (χ2v) is 40.2. The van der Waals surface area contributed by atoms with Crippen LogP contribution in [0.1, 0.15) is 0 Å². The fraction of sp³-hybridized carbons (Fsp3) is 0. The summed E-state index contributed by atoms with van der Waals surface area (Å²) in [6, 6.07) is 149. The Labute approximate surface area is 809 Å². The van der Waals surface area contributed by atoms with Gasteiger partial charge in [0.25, 0.3) is 0 Å². The summed E-state index contributed by atoms with van der Waals surface area (Å²) in [5.41, 5.74) is 36.0. The maximum Gasteiger partial charge on any atom is 0.159 e. The van der Waals surface area contributed by atoms with Crippen molar-refractivity contribution in [1.29, 1.82) is 0 Å². The standard InChI is InChI=1S/C132H66N8O4/c1-11-39-95-69(25-1)85-59-87-71-27-3-13-41-97(71)139-109-66-94-110(65-93(109)121(127(87)139)125(85)135(95)105-49-23-36-80-76-32-10-20-52-114(76)142-131(80)105)140-98-42-14-4-28-72(98)88-60-86-70-26-2-12-40-96(70)136(126(86)122(94)128(88)140)106-50-24-38-82-78-56-54-68(58-116(78)144-132(82)106)67-53-55-77-81-37-22-48-104(130(81)143-115(77)57-67)134-102-46-18-8-34-84(102)118-112(134)62-90-74-30-6-16-44-100(74)138-108-63-91-107(64-92(108)120(118)124(90)138)137-99-43-15-5-29-73(99)89-61-111-117(119(91)123(89)137)83-33-7-17-45-101(83)133(111)103-47-21-35-79-75-31-9-19-51-113(75)141-129(79)103/h1-66H. The number of aromatic nitrogens is 8. The molecule has 0 radical (unpaired) electrons. The van der Waals surface area contributed by atoms with E-state index in [-0.39, 0.29) is 0 Å². The van der Waals surface area contributed by atoms with Crippen molar-refractivity contribution in [3.8, 4) is 33.9 Å². The summed E-state index contributed by atoms with van der Waals surface area (Å²) in [5.74, 6) is 0. The average Bonchev–Trinajstić information content (AvgIpc) is 1.46. The van der Waals surface area contributed by atoms with Crippen molar-refractivity contribution < 1.29 is 17.7 Å². The predicted molar refractivity (Wildman–Crippen MR) is 597 cm³/mol. The molecular weight excluding hydrogens is 1760 g/mol. The number of fused-ring (bicyclic) bond motifs is 52. The Morgan fingerprint density at radius 1 is 0.125 bits per heavy atom. The van der Waals surface area contributed by atoms with Crippen LogP contribution < -0.4 is 0 Å². The molecule has 16 aromatic heterocycles. The smallest absolute Gasteiger partial charge is 0.159 e. The molecule has 22 aromatic carbocycles. The zero-order valence-corrected chi connectivity index (χ0v) is 76.3. The van der Waals surface area contributed by atoms with Gasteiger partial charge in [-0.05, 0) is 169 Å². The van der Waals surface area contributed by atoms with Crippen LogP contribution in [0.5, 0.6) is 0 Å². The first kappa shape index (κ1) is 72.8. The van der Waals surface area contributed by atoms with Crippen LogP contribution in [-0.4, -0.2) is 35.9 Å². The fourth-order valence-electron chi connectivity index (χ4n) is 28.1. The van der Waals surface area contributed by atoms with Crippen LogP contribution >= 0.6 is 0 Å². The van der Waals surface area contributed by atoms with E-state index in [4.69, 9.17) is 17.7 Å². The molecule has 0 unspecified atom stereocenters. The number of furan rings is 4. The van der Waals surface area contributed by atoms with E-state index >= 15 is 0 Å². The van der Waals surface area contributed by atoms with Gasteiger partial charge in [0, 0.05) is 172 Å². The highest BCUT2D eigenvalue weighted by Gasteiger charge is 2.35. The highest BCUT2D eigenvalue weighted by atomic mass is 16.3. The van der Waals surface area contributed by atoms with Gasteiger partial charge < -0.3 is 53.5 Å². The lowest BCUT2D eigenvalue weighted by Gasteiger charge is -2.10. The summed E-state index contributed by atoms with van der Waals surface area (Å²) >= 11 is 0. The topological polar surface area (TPSA) is 89.9 Å². The molecule has 12 heteroatoms. The van der Waals surface area contributed by atoms with Crippen molar-refractivity contribution in [2.24, 2.45) is 0 Å². The van der Waals surface area contributed by atoms with Crippen LogP contribution in [0.15, 0.2) is 418 Å². The van der Waals surface area contributed by atoms with Gasteiger partial charge in [0.15, 0.2) is 22.3 Å². The van der Waals surface area contributed by atoms with E-state index in [1.165, 1.54) is 184 Å². The molecule has 658 valence electrons. The Balaban J connectivity index is 0.518. The van der Waals surface area contributed by atoms with Gasteiger partial charge in [-0.15, -0.1) is 0 Å². The summed E-state index contributed by atoms with van der Waals surface area (Å²) in [6.07, 6.45) is 0. The molecule has 0 atom stereocenters. The van der Waals surface area contributed by atoms with Crippen molar-refractivity contribution in [3.63, 3.8) is 0 Å². The molecule has 0 spiro atoms. The fourth-order valence-corrected chi connectivity index (χ4v) is 28.1. The molecule has 38 aromatic rings. The van der Waals surface area contributed by atoms with Gasteiger partial charge in [-0.3, -0.25) is 0 Å². The molecular formula is C132H66N8O4. The molecule has 0 aliphatic carbocycles. The molecule has 38 rings (SSSR count). The molecule has 16 heterocycles. The van der Waals surface area contributed by atoms with Crippen molar-refractivity contribution in [2.45, 2.75) is 0 Å². The Morgan fingerprint density at radius 2 is 0.368 bits per heavy atom. The van der Waals surface area contributed by atoms with Crippen molar-refractivity contribution in [2.75, 3.05) is 0 Å². The van der Waals surface area contributed by atoms with E-state index in [1.807, 2.05) is 0 Å². The van der Waals surface area contributed by atoms with E-state index in [9.17, 15) is 0 Å². The number of hydrogen-bond donors (Lipinski definition) is 0. The van der Waals surface area contributed by atoms with Gasteiger partial charge in [0.1, 0.15) is 22.3 Å². The zero-order valence-electron chi connectivity index (χ0n) is 76.3. The van der Waals surface area contributed by atoms with Gasteiger partial charge in [-0.1, -0.05) is 243 Å². The van der Waals surface area contributed by atoms with Crippen LogP contribution in [0, 0.1) is 0 Å². The van der Waals surface area contributed by atoms with E-state index in [0.29, 0.717) is 0 Å². The van der Waals surface area contributed by atoms with Crippen molar-refractivity contribution in [3.05, 3.63) is 400 Å². The van der Waals surface area contributed by atoms with Gasteiger partial charge in [-0.25, -0.2) is 0 Å². The lowest BCUT2D eigenvalue weighted by atomic mass is 9.99. The molecule has 12 nitrogen and oxygen atoms in total. The minimum atomic E-state index is 0.804. The lowest BCUT2D eigenvalue weighted by molar-refractivity contribution is 0.665. The van der Waals surface area contributed by atoms with E-state index in [1.54, 1.807) is 0 Å². The average molecular weight is 1830 g/mol. The van der Waals surface area contributed by atoms with Gasteiger partial charge in [0.05, 0.1) is 133 Å². The third-order valence-corrected chi connectivity index (χ3v) is 33.7. The van der Waals surface area contributed by atoms with Crippen LogP contribution in [0.25, 0.3) is 361 Å². The Kier molecular flexibility index (Phi) is 12.6. The molecule has 0 N–H and O–H groups in total. The minimum absolute atomic E-state index is 0.804. The molecule has 0 saturated carbocycles. The maximum atomic E-state index is 7.55. The lowest BCUT2D eigenvalue weighted by Crippen LogP contribution is -1.95. The number of rotatable bonds is 5. The third kappa shape index (κ3) is 8.37. The highest BCUT2D eigenvalue weighted by Crippen LogP contribution is 2.58. The van der Waals surface area contributed by atoms with Crippen LogP contribution in [-0.2, 0) is 0 Å². The second-order valence-electron chi connectivity index (χ2n) is 40.2. The minimum Gasteiger partial charge on any atom is -0.454 e. The SMILES string of the molecule is c1ccc2c(c1)oc1c(-n3c4ccccc4c4c5c6cc7c(cc6n6c8ccccc8c(cc43)c56)c3c4c5ccccc5n(-c5cccc6c5oc5cc(-c8ccc9c(c8)oc8c(-n%10c%11ccccc%11c%11cc%12c%13ccccc%13n%13c%14cc%15c%16c%17c(cc%18c%19ccccc%19n(c%15cc%14c(c%11%10)c%12%13)c%18%16)c%10ccccc%10n%17-c%10cccc%11c%10oc%10ccccc%10%11)cccc89)ccc56)c4cc4c5ccccc5n7c43)cccc12. The maximum absolute atomic E-state index is 7.55. The summed E-state index contributed by atoms with van der Waals surface area (Å²) in [4.78, 5) is 0. The second kappa shape index (κ2) is 24.9. The first-order valence-electron chi connectivity index (χ1n) is 49.6. The number of nitrogens with zero attached hydrogens (tertiary/aromatic N) is 8. The first-order chi connectivity index (χ1) is 71.5. The van der Waals surface area contributed by atoms with E-state index < -0.39 is 0 Å². The van der Waals surface area contributed by atoms with Gasteiger partial charge in [0.2, 0.25) is 0 Å². The third-order valence-electron chi connectivity index (χ3n) is 33.7. The normalized spacial score (nSPS) is 13.1. The highest BCUT2D eigenvalue weighted by molar-refractivity contribution is 6.43. The molecule has 0 fully saturated rings. The Morgan fingerprint density at radius 3 is 0.722 bits per heavy atom. The zero-order chi connectivity index (χ0) is 92.2. The van der Waals surface area contributed by atoms with Gasteiger partial charge >= 0.3 is 0 Å².